The van der Waals surface area contributed by atoms with Crippen LogP contribution in [0, 0.1) is 5.82 Å². The van der Waals surface area contributed by atoms with E-state index in [4.69, 9.17) is 9.47 Å². The summed E-state index contributed by atoms with van der Waals surface area (Å²) in [6, 6.07) is 2.99. The Labute approximate surface area is 147 Å². The SMILES string of the molecule is COCCN1C(=O)N[C@H](c2cc(Br)ccc2F)C(C(=O)OC)=C1C. The fourth-order valence-electron chi connectivity index (χ4n) is 2.58. The summed E-state index contributed by atoms with van der Waals surface area (Å²) in [5.74, 6) is -1.15. The standard InChI is InChI=1S/C16H18BrFN2O4/c1-9-13(15(21)24-3)14(11-8-10(17)4-5-12(11)18)19-16(22)20(9)6-7-23-2/h4-5,8,14H,6-7H2,1-3H3,(H,19,22)/t14-/m1/s1. The monoisotopic (exact) mass is 400 g/mol. The summed E-state index contributed by atoms with van der Waals surface area (Å²) in [4.78, 5) is 26.0. The van der Waals surface area contributed by atoms with Gasteiger partial charge in [0.05, 0.1) is 31.9 Å². The van der Waals surface area contributed by atoms with Crippen molar-refractivity contribution in [1.29, 1.82) is 0 Å². The van der Waals surface area contributed by atoms with Gasteiger partial charge in [-0.15, -0.1) is 0 Å². The summed E-state index contributed by atoms with van der Waals surface area (Å²) in [5.41, 5.74) is 0.779. The number of halogens is 2. The van der Waals surface area contributed by atoms with E-state index in [9.17, 15) is 14.0 Å². The Hall–Kier alpha value is -1.93. The molecule has 2 rings (SSSR count). The number of esters is 1. The number of urea groups is 1. The van der Waals surface area contributed by atoms with Gasteiger partial charge < -0.3 is 14.8 Å². The summed E-state index contributed by atoms with van der Waals surface area (Å²) in [5, 5.41) is 2.67. The lowest BCUT2D eigenvalue weighted by Gasteiger charge is -2.35. The number of carbonyl (C=O) groups is 2. The highest BCUT2D eigenvalue weighted by Crippen LogP contribution is 2.33. The molecule has 2 amide bonds. The third-order valence-electron chi connectivity index (χ3n) is 3.79. The third kappa shape index (κ3) is 3.59. The fourth-order valence-corrected chi connectivity index (χ4v) is 2.96. The van der Waals surface area contributed by atoms with Gasteiger partial charge in [-0.25, -0.2) is 14.0 Å². The van der Waals surface area contributed by atoms with Gasteiger partial charge in [-0.2, -0.15) is 0 Å². The predicted octanol–water partition coefficient (Wildman–Crippen LogP) is 2.75. The molecular weight excluding hydrogens is 383 g/mol. The van der Waals surface area contributed by atoms with E-state index in [0.717, 1.165) is 0 Å². The van der Waals surface area contributed by atoms with E-state index < -0.39 is 23.9 Å². The molecule has 1 aromatic carbocycles. The second kappa shape index (κ2) is 7.76. The van der Waals surface area contributed by atoms with Crippen LogP contribution in [0.2, 0.25) is 0 Å². The highest BCUT2D eigenvalue weighted by Gasteiger charge is 2.37. The van der Waals surface area contributed by atoms with Crippen LogP contribution >= 0.6 is 15.9 Å². The number of amides is 2. The summed E-state index contributed by atoms with van der Waals surface area (Å²) in [7, 11) is 2.76. The van der Waals surface area contributed by atoms with E-state index >= 15 is 0 Å². The Morgan fingerprint density at radius 1 is 1.42 bits per heavy atom. The number of ether oxygens (including phenoxy) is 2. The van der Waals surface area contributed by atoms with Crippen molar-refractivity contribution in [3.8, 4) is 0 Å². The molecule has 0 fully saturated rings. The number of carbonyl (C=O) groups excluding carboxylic acids is 2. The number of hydrogen-bond acceptors (Lipinski definition) is 4. The van der Waals surface area contributed by atoms with Crippen LogP contribution in [0.5, 0.6) is 0 Å². The van der Waals surface area contributed by atoms with Crippen molar-refractivity contribution in [3.63, 3.8) is 0 Å². The summed E-state index contributed by atoms with van der Waals surface area (Å²) in [6.45, 7) is 2.20. The lowest BCUT2D eigenvalue weighted by atomic mass is 9.94. The van der Waals surface area contributed by atoms with Gasteiger partial charge in [-0.1, -0.05) is 15.9 Å². The minimum atomic E-state index is -0.929. The molecule has 0 aromatic heterocycles. The maximum atomic E-state index is 14.3. The van der Waals surface area contributed by atoms with Crippen molar-refractivity contribution in [2.45, 2.75) is 13.0 Å². The van der Waals surface area contributed by atoms with E-state index in [-0.39, 0.29) is 17.7 Å². The second-order valence-electron chi connectivity index (χ2n) is 5.18. The van der Waals surface area contributed by atoms with Gasteiger partial charge in [-0.05, 0) is 25.1 Å². The van der Waals surface area contributed by atoms with Gasteiger partial charge in [0, 0.05) is 22.8 Å². The molecule has 0 bridgehead atoms. The first kappa shape index (κ1) is 18.4. The van der Waals surface area contributed by atoms with Crippen LogP contribution in [0.3, 0.4) is 0 Å². The van der Waals surface area contributed by atoms with E-state index in [2.05, 4.69) is 21.2 Å². The molecule has 0 saturated carbocycles. The van der Waals surface area contributed by atoms with E-state index in [1.54, 1.807) is 13.0 Å². The predicted molar refractivity (Wildman–Crippen MR) is 88.7 cm³/mol. The largest absolute Gasteiger partial charge is 0.466 e. The number of rotatable bonds is 5. The second-order valence-corrected chi connectivity index (χ2v) is 6.10. The first-order valence-corrected chi connectivity index (χ1v) is 8.01. The van der Waals surface area contributed by atoms with Crippen molar-refractivity contribution in [2.24, 2.45) is 0 Å². The van der Waals surface area contributed by atoms with Crippen LogP contribution in [-0.4, -0.2) is 44.3 Å². The molecule has 1 N–H and O–H groups in total. The van der Waals surface area contributed by atoms with Crippen LogP contribution in [0.25, 0.3) is 0 Å². The lowest BCUT2D eigenvalue weighted by Crippen LogP contribution is -2.49. The highest BCUT2D eigenvalue weighted by molar-refractivity contribution is 9.10. The maximum absolute atomic E-state index is 14.3. The fraction of sp³-hybridized carbons (Fsp3) is 0.375. The van der Waals surface area contributed by atoms with Crippen LogP contribution in [0.4, 0.5) is 9.18 Å². The first-order chi connectivity index (χ1) is 11.4. The topological polar surface area (TPSA) is 67.9 Å². The summed E-state index contributed by atoms with van der Waals surface area (Å²) < 4.78 is 24.7. The molecule has 0 radical (unpaired) electrons. The zero-order valence-corrected chi connectivity index (χ0v) is 15.1. The molecule has 0 unspecified atom stereocenters. The molecule has 1 heterocycles. The van der Waals surface area contributed by atoms with E-state index in [0.29, 0.717) is 16.8 Å². The van der Waals surface area contributed by atoms with Crippen molar-refractivity contribution in [1.82, 2.24) is 10.2 Å². The molecule has 24 heavy (non-hydrogen) atoms. The zero-order chi connectivity index (χ0) is 17.9. The van der Waals surface area contributed by atoms with Crippen molar-refractivity contribution in [3.05, 3.63) is 45.3 Å². The molecule has 0 saturated heterocycles. The van der Waals surface area contributed by atoms with Crippen LogP contribution in [0.15, 0.2) is 33.9 Å². The molecule has 1 aliphatic heterocycles. The quantitative estimate of drug-likeness (QED) is 0.771. The average Bonchev–Trinajstić information content (AvgIpc) is 2.55. The number of hydrogen-bond donors (Lipinski definition) is 1. The average molecular weight is 401 g/mol. The summed E-state index contributed by atoms with van der Waals surface area (Å²) >= 11 is 3.27. The normalized spacial score (nSPS) is 17.8. The lowest BCUT2D eigenvalue weighted by molar-refractivity contribution is -0.136. The Balaban J connectivity index is 2.54. The molecule has 0 spiro atoms. The van der Waals surface area contributed by atoms with Gasteiger partial charge in [0.1, 0.15) is 5.82 Å². The Morgan fingerprint density at radius 3 is 2.75 bits per heavy atom. The molecule has 6 nitrogen and oxygen atoms in total. The number of allylic oxidation sites excluding steroid dienone is 1. The van der Waals surface area contributed by atoms with Gasteiger partial charge in [0.25, 0.3) is 0 Å². The molecule has 8 heteroatoms. The Bertz CT molecular complexity index is 693. The number of nitrogens with one attached hydrogen (secondary N) is 1. The minimum Gasteiger partial charge on any atom is -0.466 e. The highest BCUT2D eigenvalue weighted by atomic mass is 79.9. The zero-order valence-electron chi connectivity index (χ0n) is 13.6. The smallest absolute Gasteiger partial charge is 0.337 e. The minimum absolute atomic E-state index is 0.184. The molecule has 1 atom stereocenters. The van der Waals surface area contributed by atoms with Gasteiger partial charge >= 0.3 is 12.0 Å². The molecule has 1 aromatic rings. The Kier molecular flexibility index (Phi) is 5.95. The number of benzene rings is 1. The first-order valence-electron chi connectivity index (χ1n) is 7.21. The number of nitrogens with zero attached hydrogens (tertiary/aromatic N) is 1. The van der Waals surface area contributed by atoms with E-state index in [1.165, 1.54) is 31.3 Å². The maximum Gasteiger partial charge on any atom is 0.337 e. The molecule has 1 aliphatic rings. The van der Waals surface area contributed by atoms with Crippen LogP contribution in [0.1, 0.15) is 18.5 Å². The molecule has 0 aliphatic carbocycles. The van der Waals surface area contributed by atoms with Crippen LogP contribution in [-0.2, 0) is 14.3 Å². The van der Waals surface area contributed by atoms with Gasteiger partial charge in [0.15, 0.2) is 0 Å². The van der Waals surface area contributed by atoms with Crippen LogP contribution < -0.4 is 5.32 Å². The van der Waals surface area contributed by atoms with Crippen molar-refractivity contribution in [2.75, 3.05) is 27.4 Å². The van der Waals surface area contributed by atoms with E-state index in [1.807, 2.05) is 0 Å². The Morgan fingerprint density at radius 2 is 2.12 bits per heavy atom. The van der Waals surface area contributed by atoms with Crippen molar-refractivity contribution >= 4 is 27.9 Å². The van der Waals surface area contributed by atoms with Gasteiger partial charge in [-0.3, -0.25) is 4.90 Å². The number of methoxy groups -OCH3 is 2. The van der Waals surface area contributed by atoms with Gasteiger partial charge in [0.2, 0.25) is 0 Å². The summed E-state index contributed by atoms with van der Waals surface area (Å²) in [6.07, 6.45) is 0. The third-order valence-corrected chi connectivity index (χ3v) is 4.28. The van der Waals surface area contributed by atoms with Crippen molar-refractivity contribution < 1.29 is 23.5 Å². The molecular formula is C16H18BrFN2O4. The molecule has 130 valence electrons.